The van der Waals surface area contributed by atoms with Gasteiger partial charge >= 0.3 is 6.03 Å². The van der Waals surface area contributed by atoms with Gasteiger partial charge in [0.1, 0.15) is 0 Å². The number of carbonyl (C=O) groups excluding carboxylic acids is 1. The minimum absolute atomic E-state index is 0.0637. The number of morpholine rings is 1. The molecule has 2 amide bonds. The molecule has 2 fully saturated rings. The van der Waals surface area contributed by atoms with Crippen LogP contribution in [0.25, 0.3) is 0 Å². The second-order valence-corrected chi connectivity index (χ2v) is 7.54. The number of rotatable bonds is 5. The van der Waals surface area contributed by atoms with Gasteiger partial charge in [-0.25, -0.2) is 13.2 Å². The van der Waals surface area contributed by atoms with E-state index in [0.717, 1.165) is 39.3 Å². The van der Waals surface area contributed by atoms with Gasteiger partial charge in [0, 0.05) is 25.7 Å². The van der Waals surface area contributed by atoms with E-state index in [1.807, 2.05) is 0 Å². The van der Waals surface area contributed by atoms with Crippen LogP contribution in [0, 0.1) is 0 Å². The van der Waals surface area contributed by atoms with Crippen molar-refractivity contribution in [3.05, 3.63) is 0 Å². The third-order valence-electron chi connectivity index (χ3n) is 3.61. The molecule has 0 radical (unpaired) electrons. The van der Waals surface area contributed by atoms with Crippen molar-refractivity contribution >= 4 is 15.9 Å². The topological polar surface area (TPSA) is 87.7 Å². The molecule has 1 atom stereocenters. The van der Waals surface area contributed by atoms with Crippen LogP contribution in [0.3, 0.4) is 0 Å². The highest BCUT2D eigenvalue weighted by molar-refractivity contribution is 7.91. The number of carbonyl (C=O) groups is 1. The zero-order valence-electron chi connectivity index (χ0n) is 11.6. The van der Waals surface area contributed by atoms with Crippen LogP contribution in [-0.2, 0) is 14.6 Å². The normalized spacial score (nSPS) is 26.3. The molecule has 2 saturated heterocycles. The number of nitrogens with zero attached hydrogens (tertiary/aromatic N) is 1. The fraction of sp³-hybridized carbons (Fsp3) is 0.917. The Balaban J connectivity index is 1.54. The second-order valence-electron chi connectivity index (χ2n) is 5.31. The molecule has 0 bridgehead atoms. The highest BCUT2D eigenvalue weighted by Gasteiger charge is 2.28. The van der Waals surface area contributed by atoms with Crippen LogP contribution in [0.2, 0.25) is 0 Å². The van der Waals surface area contributed by atoms with Gasteiger partial charge in [0.25, 0.3) is 0 Å². The smallest absolute Gasteiger partial charge is 0.315 e. The molecule has 0 aliphatic carbocycles. The number of urea groups is 1. The van der Waals surface area contributed by atoms with Crippen LogP contribution < -0.4 is 10.6 Å². The summed E-state index contributed by atoms with van der Waals surface area (Å²) in [5, 5.41) is 5.48. The van der Waals surface area contributed by atoms with E-state index in [1.54, 1.807) is 0 Å². The van der Waals surface area contributed by atoms with Gasteiger partial charge in [0.05, 0.1) is 24.7 Å². The molecule has 0 aromatic rings. The van der Waals surface area contributed by atoms with Crippen molar-refractivity contribution in [1.29, 1.82) is 0 Å². The van der Waals surface area contributed by atoms with Crippen LogP contribution in [0.15, 0.2) is 0 Å². The molecule has 2 aliphatic heterocycles. The van der Waals surface area contributed by atoms with Crippen molar-refractivity contribution < 1.29 is 17.9 Å². The van der Waals surface area contributed by atoms with E-state index in [0.29, 0.717) is 13.0 Å². The molecule has 0 spiro atoms. The average Bonchev–Trinajstić information content (AvgIpc) is 2.75. The first-order chi connectivity index (χ1) is 9.55. The maximum atomic E-state index is 11.6. The Kier molecular flexibility index (Phi) is 5.62. The molecule has 8 heteroatoms. The molecular weight excluding hydrogens is 282 g/mol. The minimum Gasteiger partial charge on any atom is -0.379 e. The summed E-state index contributed by atoms with van der Waals surface area (Å²) in [5.41, 5.74) is 0. The molecule has 2 heterocycles. The Morgan fingerprint density at radius 1 is 1.30 bits per heavy atom. The first-order valence-electron chi connectivity index (χ1n) is 7.10. The predicted octanol–water partition coefficient (Wildman–Crippen LogP) is -0.805. The standard InChI is InChI=1S/C12H23N3O4S/c16-12(14-11-2-9-20(17,18)10-11)13-3-1-4-15-5-7-19-8-6-15/h11H,1-10H2,(H2,13,14,16). The van der Waals surface area contributed by atoms with E-state index < -0.39 is 9.84 Å². The van der Waals surface area contributed by atoms with Crippen LogP contribution in [-0.4, -0.2) is 76.3 Å². The van der Waals surface area contributed by atoms with E-state index >= 15 is 0 Å². The zero-order chi connectivity index (χ0) is 14.4. The number of hydrogen-bond donors (Lipinski definition) is 2. The van der Waals surface area contributed by atoms with Crippen molar-refractivity contribution in [1.82, 2.24) is 15.5 Å². The zero-order valence-corrected chi connectivity index (χ0v) is 12.5. The number of nitrogens with one attached hydrogen (secondary N) is 2. The largest absolute Gasteiger partial charge is 0.379 e. The van der Waals surface area contributed by atoms with Gasteiger partial charge in [-0.1, -0.05) is 0 Å². The van der Waals surface area contributed by atoms with Crippen LogP contribution >= 0.6 is 0 Å². The second kappa shape index (κ2) is 7.24. The molecule has 20 heavy (non-hydrogen) atoms. The molecule has 116 valence electrons. The molecule has 0 aromatic carbocycles. The molecule has 2 rings (SSSR count). The SMILES string of the molecule is O=C(NCCCN1CCOCC1)NC1CCS(=O)(=O)C1. The van der Waals surface area contributed by atoms with Crippen molar-refractivity contribution in [2.45, 2.75) is 18.9 Å². The fourth-order valence-corrected chi connectivity index (χ4v) is 4.15. The third-order valence-corrected chi connectivity index (χ3v) is 5.38. The summed E-state index contributed by atoms with van der Waals surface area (Å²) in [5.74, 6) is 0.239. The summed E-state index contributed by atoms with van der Waals surface area (Å²) in [6.07, 6.45) is 1.40. The highest BCUT2D eigenvalue weighted by atomic mass is 32.2. The summed E-state index contributed by atoms with van der Waals surface area (Å²) in [7, 11) is -2.94. The minimum atomic E-state index is -2.94. The monoisotopic (exact) mass is 305 g/mol. The predicted molar refractivity (Wildman–Crippen MR) is 75.5 cm³/mol. The molecule has 7 nitrogen and oxygen atoms in total. The van der Waals surface area contributed by atoms with Crippen molar-refractivity contribution in [2.75, 3.05) is 50.9 Å². The fourth-order valence-electron chi connectivity index (χ4n) is 2.47. The number of sulfone groups is 1. The van der Waals surface area contributed by atoms with Crippen LogP contribution in [0.4, 0.5) is 4.79 Å². The quantitative estimate of drug-likeness (QED) is 0.649. The summed E-state index contributed by atoms with van der Waals surface area (Å²) < 4.78 is 27.8. The van der Waals surface area contributed by atoms with Crippen LogP contribution in [0.1, 0.15) is 12.8 Å². The van der Waals surface area contributed by atoms with Crippen molar-refractivity contribution in [3.8, 4) is 0 Å². The Labute approximate surface area is 120 Å². The summed E-state index contributed by atoms with van der Waals surface area (Å²) in [6.45, 7) is 5.01. The summed E-state index contributed by atoms with van der Waals surface area (Å²) in [6, 6.07) is -0.506. The highest BCUT2D eigenvalue weighted by Crippen LogP contribution is 2.10. The van der Waals surface area contributed by atoms with E-state index in [2.05, 4.69) is 15.5 Å². The lowest BCUT2D eigenvalue weighted by atomic mass is 10.3. The number of ether oxygens (including phenoxy) is 1. The van der Waals surface area contributed by atoms with Gasteiger partial charge in [-0.2, -0.15) is 0 Å². The van der Waals surface area contributed by atoms with Gasteiger partial charge < -0.3 is 15.4 Å². The Bertz CT molecular complexity index is 420. The first-order valence-corrected chi connectivity index (χ1v) is 8.92. The lowest BCUT2D eigenvalue weighted by Gasteiger charge is -2.26. The molecule has 0 aromatic heterocycles. The molecule has 2 aliphatic rings. The van der Waals surface area contributed by atoms with E-state index in [9.17, 15) is 13.2 Å². The Hall–Kier alpha value is -0.860. The maximum absolute atomic E-state index is 11.6. The molecule has 2 N–H and O–H groups in total. The summed E-state index contributed by atoms with van der Waals surface area (Å²) >= 11 is 0. The summed E-state index contributed by atoms with van der Waals surface area (Å²) in [4.78, 5) is 13.9. The Morgan fingerprint density at radius 2 is 2.05 bits per heavy atom. The maximum Gasteiger partial charge on any atom is 0.315 e. The lowest BCUT2D eigenvalue weighted by molar-refractivity contribution is 0.0375. The van der Waals surface area contributed by atoms with E-state index in [4.69, 9.17) is 4.74 Å². The van der Waals surface area contributed by atoms with Gasteiger partial charge in [-0.05, 0) is 19.4 Å². The first kappa shape index (κ1) is 15.5. The third kappa shape index (κ3) is 5.26. The Morgan fingerprint density at radius 3 is 2.70 bits per heavy atom. The van der Waals surface area contributed by atoms with E-state index in [1.165, 1.54) is 0 Å². The van der Waals surface area contributed by atoms with Gasteiger partial charge in [-0.3, -0.25) is 4.90 Å². The van der Waals surface area contributed by atoms with Gasteiger partial charge in [-0.15, -0.1) is 0 Å². The number of hydrogen-bond acceptors (Lipinski definition) is 5. The molecule has 0 saturated carbocycles. The van der Waals surface area contributed by atoms with Gasteiger partial charge in [0.15, 0.2) is 9.84 Å². The van der Waals surface area contributed by atoms with Crippen molar-refractivity contribution in [2.24, 2.45) is 0 Å². The van der Waals surface area contributed by atoms with Gasteiger partial charge in [0.2, 0.25) is 0 Å². The number of amides is 2. The molecular formula is C12H23N3O4S. The molecule has 1 unspecified atom stereocenters. The van der Waals surface area contributed by atoms with E-state index in [-0.39, 0.29) is 23.6 Å². The average molecular weight is 305 g/mol. The van der Waals surface area contributed by atoms with Crippen molar-refractivity contribution in [3.63, 3.8) is 0 Å². The lowest BCUT2D eigenvalue weighted by Crippen LogP contribution is -2.43. The van der Waals surface area contributed by atoms with Crippen LogP contribution in [0.5, 0.6) is 0 Å².